The number of carbonyl (C=O) groups is 2. The van der Waals surface area contributed by atoms with Crippen molar-refractivity contribution in [3.8, 4) is 11.8 Å². The zero-order valence-corrected chi connectivity index (χ0v) is 17.1. The Morgan fingerprint density at radius 1 is 0.607 bits per heavy atom. The Bertz CT molecular complexity index is 554. The Kier molecular flexibility index (Phi) is 8.83. The molecule has 0 atom stereocenters. The molecule has 2 aliphatic rings. The quantitative estimate of drug-likeness (QED) is 0.368. The second-order valence-corrected chi connectivity index (χ2v) is 8.02. The van der Waals surface area contributed by atoms with E-state index in [0.717, 1.165) is 51.4 Å². The van der Waals surface area contributed by atoms with Gasteiger partial charge in [-0.05, 0) is 51.4 Å². The Morgan fingerprint density at radius 3 is 1.18 bits per heavy atom. The third-order valence-corrected chi connectivity index (χ3v) is 5.77. The lowest BCUT2D eigenvalue weighted by Gasteiger charge is -2.33. The van der Waals surface area contributed by atoms with Gasteiger partial charge in [-0.15, -0.1) is 0 Å². The highest BCUT2D eigenvalue weighted by Crippen LogP contribution is 2.33. The van der Waals surface area contributed by atoms with Gasteiger partial charge >= 0.3 is 11.9 Å². The number of esters is 2. The molecule has 0 saturated heterocycles. The number of rotatable bonds is 4. The highest BCUT2D eigenvalue weighted by molar-refractivity contribution is 5.82. The van der Waals surface area contributed by atoms with Crippen LogP contribution < -0.4 is 0 Å². The van der Waals surface area contributed by atoms with Crippen LogP contribution in [0.25, 0.3) is 0 Å². The Hall–Kier alpha value is -2.02. The molecular formula is C24H34O4. The van der Waals surface area contributed by atoms with Gasteiger partial charge in [0.05, 0.1) is 0 Å². The summed E-state index contributed by atoms with van der Waals surface area (Å²) in [6.07, 6.45) is 16.0. The molecule has 0 aliphatic heterocycles. The number of carbonyl (C=O) groups excluding carboxylic acids is 2. The molecule has 0 heterocycles. The molecule has 4 nitrogen and oxygen atoms in total. The highest BCUT2D eigenvalue weighted by atomic mass is 16.6. The lowest BCUT2D eigenvalue weighted by Crippen LogP contribution is -2.38. The molecule has 0 amide bonds. The zero-order valence-electron chi connectivity index (χ0n) is 17.1. The molecule has 28 heavy (non-hydrogen) atoms. The van der Waals surface area contributed by atoms with Crippen molar-refractivity contribution in [2.45, 2.75) is 101 Å². The van der Waals surface area contributed by atoms with Crippen LogP contribution in [-0.2, 0) is 19.1 Å². The SMILES string of the molecule is C=CC(=O)OC1(C#CC2(OC(=O)C=C)CCCCCCC2)CCCCCCC1. The van der Waals surface area contributed by atoms with Gasteiger partial charge in [0, 0.05) is 12.2 Å². The fourth-order valence-electron chi connectivity index (χ4n) is 4.15. The summed E-state index contributed by atoms with van der Waals surface area (Å²) >= 11 is 0. The van der Waals surface area contributed by atoms with Crippen molar-refractivity contribution in [2.24, 2.45) is 0 Å². The van der Waals surface area contributed by atoms with E-state index in [0.29, 0.717) is 25.7 Å². The predicted octanol–water partition coefficient (Wildman–Crippen LogP) is 5.41. The van der Waals surface area contributed by atoms with E-state index in [2.05, 4.69) is 25.0 Å². The largest absolute Gasteiger partial charge is 0.443 e. The minimum absolute atomic E-state index is 0.440. The smallest absolute Gasteiger partial charge is 0.331 e. The molecule has 0 bridgehead atoms. The standard InChI is InChI=1S/C24H34O4/c1-3-21(25)27-23(15-11-7-5-8-12-16-23)19-20-24(28-22(26)4-2)17-13-9-6-10-14-18-24/h3-4H,1-2,5-18H2. The molecule has 0 aromatic rings. The summed E-state index contributed by atoms with van der Waals surface area (Å²) in [7, 11) is 0. The van der Waals surface area contributed by atoms with Crippen LogP contribution in [0.3, 0.4) is 0 Å². The third-order valence-electron chi connectivity index (χ3n) is 5.77. The maximum Gasteiger partial charge on any atom is 0.331 e. The topological polar surface area (TPSA) is 52.6 Å². The van der Waals surface area contributed by atoms with E-state index in [9.17, 15) is 9.59 Å². The first-order valence-electron chi connectivity index (χ1n) is 10.8. The monoisotopic (exact) mass is 386 g/mol. The molecular weight excluding hydrogens is 352 g/mol. The van der Waals surface area contributed by atoms with Crippen molar-refractivity contribution in [1.82, 2.24) is 0 Å². The van der Waals surface area contributed by atoms with Gasteiger partial charge in [-0.1, -0.05) is 63.5 Å². The van der Waals surface area contributed by atoms with Crippen molar-refractivity contribution < 1.29 is 19.1 Å². The summed E-state index contributed by atoms with van der Waals surface area (Å²) in [4.78, 5) is 24.1. The predicted molar refractivity (Wildman–Crippen MR) is 110 cm³/mol. The summed E-state index contributed by atoms with van der Waals surface area (Å²) < 4.78 is 11.6. The minimum Gasteiger partial charge on any atom is -0.443 e. The van der Waals surface area contributed by atoms with Crippen LogP contribution >= 0.6 is 0 Å². The minimum atomic E-state index is -0.818. The fraction of sp³-hybridized carbons (Fsp3) is 0.667. The summed E-state index contributed by atoms with van der Waals surface area (Å²) in [5.41, 5.74) is -1.64. The van der Waals surface area contributed by atoms with Crippen molar-refractivity contribution in [1.29, 1.82) is 0 Å². The zero-order chi connectivity index (χ0) is 20.3. The van der Waals surface area contributed by atoms with E-state index in [-0.39, 0.29) is 0 Å². The van der Waals surface area contributed by atoms with E-state index in [1.807, 2.05) is 0 Å². The van der Waals surface area contributed by atoms with Gasteiger partial charge in [0.15, 0.2) is 11.2 Å². The van der Waals surface area contributed by atoms with Crippen LogP contribution in [-0.4, -0.2) is 23.1 Å². The van der Waals surface area contributed by atoms with Gasteiger partial charge in [-0.3, -0.25) is 0 Å². The Balaban J connectivity index is 2.35. The fourth-order valence-corrected chi connectivity index (χ4v) is 4.15. The normalized spacial score (nSPS) is 21.9. The number of ether oxygens (including phenoxy) is 2. The van der Waals surface area contributed by atoms with Crippen molar-refractivity contribution in [3.05, 3.63) is 25.3 Å². The Labute approximate surface area is 169 Å². The van der Waals surface area contributed by atoms with Crippen LogP contribution in [0.5, 0.6) is 0 Å². The summed E-state index contributed by atoms with van der Waals surface area (Å²) in [6.45, 7) is 7.07. The molecule has 2 saturated carbocycles. The molecule has 0 spiro atoms. The number of hydrogen-bond acceptors (Lipinski definition) is 4. The van der Waals surface area contributed by atoms with Crippen LogP contribution in [0.4, 0.5) is 0 Å². The van der Waals surface area contributed by atoms with Crippen LogP contribution in [0.2, 0.25) is 0 Å². The van der Waals surface area contributed by atoms with Gasteiger partial charge in [0.1, 0.15) is 0 Å². The van der Waals surface area contributed by atoms with E-state index >= 15 is 0 Å². The lowest BCUT2D eigenvalue weighted by molar-refractivity contribution is -0.151. The van der Waals surface area contributed by atoms with E-state index in [4.69, 9.17) is 9.47 Å². The summed E-state index contributed by atoms with van der Waals surface area (Å²) in [5, 5.41) is 0. The summed E-state index contributed by atoms with van der Waals surface area (Å²) in [6, 6.07) is 0. The first-order valence-corrected chi connectivity index (χ1v) is 10.8. The molecule has 0 N–H and O–H groups in total. The average Bonchev–Trinajstić information content (AvgIpc) is 2.65. The molecule has 154 valence electrons. The molecule has 4 heteroatoms. The molecule has 0 aromatic heterocycles. The second-order valence-electron chi connectivity index (χ2n) is 8.02. The lowest BCUT2D eigenvalue weighted by atomic mass is 9.83. The molecule has 0 aromatic carbocycles. The third kappa shape index (κ3) is 6.86. The van der Waals surface area contributed by atoms with Crippen molar-refractivity contribution in [3.63, 3.8) is 0 Å². The number of hydrogen-bond donors (Lipinski definition) is 0. The van der Waals surface area contributed by atoms with Crippen LogP contribution in [0.15, 0.2) is 25.3 Å². The summed E-state index contributed by atoms with van der Waals surface area (Å²) in [5.74, 6) is 5.73. The molecule has 0 radical (unpaired) electrons. The van der Waals surface area contributed by atoms with Gasteiger partial charge in [-0.2, -0.15) is 0 Å². The molecule has 2 fully saturated rings. The average molecular weight is 387 g/mol. The van der Waals surface area contributed by atoms with Gasteiger partial charge in [-0.25, -0.2) is 9.59 Å². The Morgan fingerprint density at radius 2 is 0.893 bits per heavy atom. The van der Waals surface area contributed by atoms with Gasteiger partial charge in [0.25, 0.3) is 0 Å². The maximum atomic E-state index is 12.0. The van der Waals surface area contributed by atoms with Gasteiger partial charge < -0.3 is 9.47 Å². The van der Waals surface area contributed by atoms with Gasteiger partial charge in [0.2, 0.25) is 0 Å². The second kappa shape index (κ2) is 11.1. The van der Waals surface area contributed by atoms with E-state index in [1.54, 1.807) is 0 Å². The van der Waals surface area contributed by atoms with Crippen LogP contribution in [0.1, 0.15) is 89.9 Å². The van der Waals surface area contributed by atoms with Crippen LogP contribution in [0, 0.1) is 11.8 Å². The molecule has 2 rings (SSSR count). The maximum absolute atomic E-state index is 12.0. The van der Waals surface area contributed by atoms with E-state index < -0.39 is 23.1 Å². The first kappa shape index (κ1) is 22.3. The highest BCUT2D eigenvalue weighted by Gasteiger charge is 2.36. The van der Waals surface area contributed by atoms with Crippen molar-refractivity contribution >= 4 is 11.9 Å². The van der Waals surface area contributed by atoms with Crippen molar-refractivity contribution in [2.75, 3.05) is 0 Å². The molecule has 0 unspecified atom stereocenters. The first-order chi connectivity index (χ1) is 13.5. The van der Waals surface area contributed by atoms with E-state index in [1.165, 1.54) is 25.0 Å². The molecule has 2 aliphatic carbocycles.